The molecular weight excluding hydrogens is 1040 g/mol. The molecule has 0 fully saturated rings. The lowest BCUT2D eigenvalue weighted by Gasteiger charge is -2.39. The van der Waals surface area contributed by atoms with E-state index in [9.17, 15) is 0 Å². The summed E-state index contributed by atoms with van der Waals surface area (Å²) in [4.78, 5) is 4.76. The number of benzene rings is 12. The molecule has 12 aromatic rings. The highest BCUT2D eigenvalue weighted by Crippen LogP contribution is 2.57. The molecule has 3 nitrogen and oxygen atoms in total. The fraction of sp³-hybridized carbons (Fsp3) is 0.133. The Morgan fingerprint density at radius 2 is 0.523 bits per heavy atom. The molecule has 0 unspecified atom stereocenters. The van der Waals surface area contributed by atoms with Gasteiger partial charge in [0.2, 0.25) is 0 Å². The quantitative estimate of drug-likeness (QED) is 0.121. The van der Waals surface area contributed by atoms with Gasteiger partial charge in [-0.15, -0.1) is 0 Å². The van der Waals surface area contributed by atoms with Crippen LogP contribution in [0.2, 0.25) is 0 Å². The van der Waals surface area contributed by atoms with Gasteiger partial charge in [-0.05, 0) is 163 Å². The molecule has 0 radical (unpaired) electrons. The van der Waals surface area contributed by atoms with Crippen molar-refractivity contribution in [3.63, 3.8) is 0 Å². The Labute approximate surface area is 509 Å². The Morgan fingerprint density at radius 3 is 0.791 bits per heavy atom. The molecule has 0 N–H and O–H groups in total. The molecule has 86 heavy (non-hydrogen) atoms. The van der Waals surface area contributed by atoms with Crippen LogP contribution in [0.25, 0.3) is 66.8 Å². The van der Waals surface area contributed by atoms with Gasteiger partial charge in [0.05, 0.1) is 0 Å². The molecule has 0 saturated carbocycles. The van der Waals surface area contributed by atoms with E-state index in [1.807, 2.05) is 0 Å². The van der Waals surface area contributed by atoms with Gasteiger partial charge in [-0.1, -0.05) is 262 Å². The predicted molar refractivity (Wildman–Crippen MR) is 364 cm³/mol. The van der Waals surface area contributed by atoms with Gasteiger partial charge >= 0.3 is 0 Å². The first-order chi connectivity index (χ1) is 41.6. The lowest BCUT2D eigenvalue weighted by molar-refractivity contribution is 0.418. The number of nitrogens with zero attached hydrogens (tertiary/aromatic N) is 2. The predicted octanol–water partition coefficient (Wildman–Crippen LogP) is 23.7. The highest BCUT2D eigenvalue weighted by molar-refractivity contribution is 5.88. The molecule has 0 aliphatic carbocycles. The Balaban J connectivity index is 0.925. The maximum Gasteiger partial charge on any atom is 0.139 e. The van der Waals surface area contributed by atoms with E-state index in [-0.39, 0.29) is 10.8 Å². The van der Waals surface area contributed by atoms with Crippen LogP contribution in [-0.4, -0.2) is 0 Å². The van der Waals surface area contributed by atoms with Gasteiger partial charge in [0.1, 0.15) is 11.5 Å². The maximum atomic E-state index is 7.65. The van der Waals surface area contributed by atoms with Crippen LogP contribution >= 0.6 is 0 Å². The van der Waals surface area contributed by atoms with E-state index in [1.54, 1.807) is 0 Å². The lowest BCUT2D eigenvalue weighted by atomic mass is 9.70. The molecule has 0 saturated heterocycles. The molecule has 0 bridgehead atoms. The lowest BCUT2D eigenvalue weighted by Crippen LogP contribution is -2.27. The van der Waals surface area contributed by atoms with E-state index in [0.29, 0.717) is 0 Å². The smallest absolute Gasteiger partial charge is 0.139 e. The van der Waals surface area contributed by atoms with Crippen molar-refractivity contribution in [3.8, 4) is 78.3 Å². The molecule has 12 aromatic carbocycles. The number of hydrogen-bond donors (Lipinski definition) is 0. The normalized spacial score (nSPS) is 12.6. The van der Waals surface area contributed by atoms with Crippen LogP contribution in [-0.2, 0) is 16.2 Å². The first-order valence-electron chi connectivity index (χ1n) is 30.1. The number of anilines is 6. The van der Waals surface area contributed by atoms with E-state index in [4.69, 9.17) is 4.74 Å². The second-order valence-electron chi connectivity index (χ2n) is 25.5. The average Bonchev–Trinajstić information content (AvgIpc) is 0.848. The number of rotatable bonds is 12. The Morgan fingerprint density at radius 1 is 0.256 bits per heavy atom. The summed E-state index contributed by atoms with van der Waals surface area (Å²) in [5.74, 6) is 1.80. The highest BCUT2D eigenvalue weighted by atomic mass is 16.5. The standard InChI is InChI=1S/C83H72N2O/c1-81(2,3)67-53-75(61-41-45-69(46-42-61)84(71-37-21-33-63(49-71)57-25-13-9-14-26-57)72-38-22-34-64(50-72)58-27-15-10-16-28-58)79-77(55-67)83(7,8)78-56-68(82(4,5)6)54-76(80(78)86-79)62-43-47-70(48-44-62)85(73-39-23-35-65(51-73)59-29-17-11-18-30-59)74-40-24-36-66(52-74)60-31-19-12-20-32-60/h9-56H,1-8H3. The summed E-state index contributed by atoms with van der Waals surface area (Å²) in [5, 5.41) is 0. The van der Waals surface area contributed by atoms with Gasteiger partial charge in [-0.3, -0.25) is 0 Å². The molecule has 13 rings (SSSR count). The SMILES string of the molecule is CC(C)(C)c1cc(-c2ccc(N(c3cccc(-c4ccccc4)c3)c3cccc(-c4ccccc4)c3)cc2)c2c(c1)C(C)(C)c1cc(C(C)(C)C)cc(-c3ccc(N(c4cccc(-c5ccccc5)c4)c4cccc(-c5ccccc5)c4)cc3)c1O2. The Bertz CT molecular complexity index is 3930. The van der Waals surface area contributed by atoms with Crippen LogP contribution in [0.4, 0.5) is 34.1 Å². The second kappa shape index (κ2) is 22.6. The summed E-state index contributed by atoms with van der Waals surface area (Å²) in [7, 11) is 0. The third-order valence-electron chi connectivity index (χ3n) is 17.2. The minimum Gasteiger partial charge on any atom is -0.455 e. The summed E-state index contributed by atoms with van der Waals surface area (Å²) >= 11 is 0. The second-order valence-corrected chi connectivity index (χ2v) is 25.5. The van der Waals surface area contributed by atoms with Crippen molar-refractivity contribution < 1.29 is 4.74 Å². The summed E-state index contributed by atoms with van der Waals surface area (Å²) in [6.07, 6.45) is 0. The topological polar surface area (TPSA) is 15.7 Å². The third-order valence-corrected chi connectivity index (χ3v) is 17.2. The zero-order chi connectivity index (χ0) is 59.2. The minimum atomic E-state index is -0.427. The first-order valence-corrected chi connectivity index (χ1v) is 30.1. The third kappa shape index (κ3) is 10.9. The molecule has 0 atom stereocenters. The van der Waals surface area contributed by atoms with Crippen LogP contribution < -0.4 is 14.5 Å². The first kappa shape index (κ1) is 55.2. The van der Waals surface area contributed by atoms with Crippen LogP contribution in [0.5, 0.6) is 11.5 Å². The molecule has 1 aliphatic heterocycles. The number of fused-ring (bicyclic) bond motifs is 2. The molecule has 420 valence electrons. The zero-order valence-electron chi connectivity index (χ0n) is 50.5. The minimum absolute atomic E-state index is 0.135. The average molecular weight is 1110 g/mol. The zero-order valence-corrected chi connectivity index (χ0v) is 50.5. The highest BCUT2D eigenvalue weighted by Gasteiger charge is 2.40. The van der Waals surface area contributed by atoms with E-state index >= 15 is 0 Å². The summed E-state index contributed by atoms with van der Waals surface area (Å²) in [5.41, 5.74) is 24.4. The maximum absolute atomic E-state index is 7.65. The van der Waals surface area contributed by atoms with Crippen LogP contribution in [0, 0.1) is 0 Å². The van der Waals surface area contributed by atoms with E-state index in [1.165, 1.54) is 44.5 Å². The van der Waals surface area contributed by atoms with E-state index in [2.05, 4.69) is 356 Å². The van der Waals surface area contributed by atoms with Crippen LogP contribution in [0.3, 0.4) is 0 Å². The molecule has 1 heterocycles. The van der Waals surface area contributed by atoms with Crippen LogP contribution in [0.15, 0.2) is 291 Å². The van der Waals surface area contributed by atoms with Gasteiger partial charge in [0.25, 0.3) is 0 Å². The van der Waals surface area contributed by atoms with Gasteiger partial charge in [0.15, 0.2) is 0 Å². The summed E-state index contributed by atoms with van der Waals surface area (Å²) in [6, 6.07) is 106. The van der Waals surface area contributed by atoms with Gasteiger partial charge in [0, 0.05) is 61.8 Å². The monoisotopic (exact) mass is 1110 g/mol. The molecule has 1 aliphatic rings. The Kier molecular flexibility index (Phi) is 14.5. The Hall–Kier alpha value is -9.96. The fourth-order valence-corrected chi connectivity index (χ4v) is 12.2. The van der Waals surface area contributed by atoms with E-state index in [0.717, 1.165) is 90.1 Å². The summed E-state index contributed by atoms with van der Waals surface area (Å²) in [6.45, 7) is 18.7. The van der Waals surface area contributed by atoms with Crippen LogP contribution in [0.1, 0.15) is 77.6 Å². The summed E-state index contributed by atoms with van der Waals surface area (Å²) < 4.78 is 7.65. The van der Waals surface area contributed by atoms with Crippen molar-refractivity contribution in [2.75, 3.05) is 9.80 Å². The van der Waals surface area contributed by atoms with Crippen molar-refractivity contribution in [2.45, 2.75) is 71.6 Å². The van der Waals surface area contributed by atoms with Crippen molar-refractivity contribution in [2.24, 2.45) is 0 Å². The molecular formula is C83H72N2O. The van der Waals surface area contributed by atoms with Crippen molar-refractivity contribution in [1.29, 1.82) is 0 Å². The molecule has 0 spiro atoms. The molecule has 3 heteroatoms. The van der Waals surface area contributed by atoms with Gasteiger partial charge in [-0.25, -0.2) is 0 Å². The largest absolute Gasteiger partial charge is 0.455 e. The molecule has 0 amide bonds. The molecule has 0 aromatic heterocycles. The van der Waals surface area contributed by atoms with E-state index < -0.39 is 5.41 Å². The number of ether oxygens (including phenoxy) is 1. The van der Waals surface area contributed by atoms with Gasteiger partial charge in [-0.2, -0.15) is 0 Å². The van der Waals surface area contributed by atoms with Crippen molar-refractivity contribution >= 4 is 34.1 Å². The van der Waals surface area contributed by atoms with Gasteiger partial charge < -0.3 is 14.5 Å². The van der Waals surface area contributed by atoms with Crippen molar-refractivity contribution in [1.82, 2.24) is 0 Å². The number of hydrogen-bond acceptors (Lipinski definition) is 3. The fourth-order valence-electron chi connectivity index (χ4n) is 12.2. The van der Waals surface area contributed by atoms with Crippen molar-refractivity contribution in [3.05, 3.63) is 313 Å².